The van der Waals surface area contributed by atoms with Crippen molar-refractivity contribution in [2.75, 3.05) is 6.54 Å². The van der Waals surface area contributed by atoms with Gasteiger partial charge in [0.05, 0.1) is 5.01 Å². The van der Waals surface area contributed by atoms with Gasteiger partial charge in [-0.1, -0.05) is 36.8 Å². The predicted octanol–water partition coefficient (Wildman–Crippen LogP) is 3.15. The molecule has 1 N–H and O–H groups in total. The summed E-state index contributed by atoms with van der Waals surface area (Å²) in [5.41, 5.74) is 2.65. The minimum Gasteiger partial charge on any atom is -0.312 e. The normalized spacial score (nSPS) is 10.7. The second kappa shape index (κ2) is 5.94. The summed E-state index contributed by atoms with van der Waals surface area (Å²) >= 11 is 1.80. The Hall–Kier alpha value is -1.19. The van der Waals surface area contributed by atoms with Gasteiger partial charge in [0.2, 0.25) is 0 Å². The highest BCUT2D eigenvalue weighted by molar-refractivity contribution is 7.11. The van der Waals surface area contributed by atoms with Crippen LogP contribution in [-0.2, 0) is 13.0 Å². The van der Waals surface area contributed by atoms with Crippen molar-refractivity contribution in [1.82, 2.24) is 10.3 Å². The molecule has 0 aliphatic heterocycles. The molecular weight excluding hydrogens is 228 g/mol. The van der Waals surface area contributed by atoms with Crippen LogP contribution in [0.15, 0.2) is 30.5 Å². The van der Waals surface area contributed by atoms with Crippen molar-refractivity contribution in [3.05, 3.63) is 51.5 Å². The standard InChI is InChI=1S/C14H18N2S/c1-3-15-9-13-10-16-14(17-13)8-12-6-4-5-11(2)7-12/h4-7,10,15H,3,8-9H2,1-2H3. The molecule has 0 amide bonds. The highest BCUT2D eigenvalue weighted by Crippen LogP contribution is 2.17. The van der Waals surface area contributed by atoms with Gasteiger partial charge in [0.25, 0.3) is 0 Å². The zero-order valence-corrected chi connectivity index (χ0v) is 11.2. The van der Waals surface area contributed by atoms with Crippen LogP contribution < -0.4 is 5.32 Å². The summed E-state index contributed by atoms with van der Waals surface area (Å²) in [5, 5.41) is 4.52. The van der Waals surface area contributed by atoms with Gasteiger partial charge >= 0.3 is 0 Å². The highest BCUT2D eigenvalue weighted by Gasteiger charge is 2.03. The number of hydrogen-bond donors (Lipinski definition) is 1. The van der Waals surface area contributed by atoms with Crippen molar-refractivity contribution in [2.45, 2.75) is 26.8 Å². The molecule has 0 radical (unpaired) electrons. The smallest absolute Gasteiger partial charge is 0.0972 e. The molecule has 0 aliphatic rings. The lowest BCUT2D eigenvalue weighted by Crippen LogP contribution is -2.10. The second-order valence-corrected chi connectivity index (χ2v) is 5.37. The van der Waals surface area contributed by atoms with Crippen LogP contribution in [0.5, 0.6) is 0 Å². The summed E-state index contributed by atoms with van der Waals surface area (Å²) in [6.45, 7) is 6.18. The Balaban J connectivity index is 2.01. The Bertz CT molecular complexity index is 477. The van der Waals surface area contributed by atoms with Crippen LogP contribution >= 0.6 is 11.3 Å². The van der Waals surface area contributed by atoms with Crippen LogP contribution in [0.25, 0.3) is 0 Å². The summed E-state index contributed by atoms with van der Waals surface area (Å²) < 4.78 is 0. The van der Waals surface area contributed by atoms with E-state index in [2.05, 4.69) is 48.4 Å². The van der Waals surface area contributed by atoms with Crippen molar-refractivity contribution in [2.24, 2.45) is 0 Å². The third-order valence-electron chi connectivity index (χ3n) is 2.59. The van der Waals surface area contributed by atoms with Gasteiger partial charge in [0.1, 0.15) is 0 Å². The monoisotopic (exact) mass is 246 g/mol. The van der Waals surface area contributed by atoms with Crippen LogP contribution in [0.4, 0.5) is 0 Å². The van der Waals surface area contributed by atoms with E-state index in [0.29, 0.717) is 0 Å². The van der Waals surface area contributed by atoms with E-state index >= 15 is 0 Å². The van der Waals surface area contributed by atoms with E-state index in [0.717, 1.165) is 19.5 Å². The van der Waals surface area contributed by atoms with Crippen molar-refractivity contribution >= 4 is 11.3 Å². The van der Waals surface area contributed by atoms with Crippen LogP contribution in [0.1, 0.15) is 27.9 Å². The SMILES string of the molecule is CCNCc1cnc(Cc2cccc(C)c2)s1. The van der Waals surface area contributed by atoms with Gasteiger partial charge in [-0.2, -0.15) is 0 Å². The molecule has 0 spiro atoms. The zero-order chi connectivity index (χ0) is 12.1. The minimum atomic E-state index is 0.933. The van der Waals surface area contributed by atoms with E-state index in [1.807, 2.05) is 6.20 Å². The molecule has 2 rings (SSSR count). The second-order valence-electron chi connectivity index (χ2n) is 4.17. The summed E-state index contributed by atoms with van der Waals surface area (Å²) in [7, 11) is 0. The van der Waals surface area contributed by atoms with Gasteiger partial charge in [-0.05, 0) is 19.0 Å². The Kier molecular flexibility index (Phi) is 4.29. The van der Waals surface area contributed by atoms with Crippen LogP contribution in [0, 0.1) is 6.92 Å². The van der Waals surface area contributed by atoms with E-state index in [9.17, 15) is 0 Å². The summed E-state index contributed by atoms with van der Waals surface area (Å²) in [6.07, 6.45) is 2.93. The maximum atomic E-state index is 4.47. The van der Waals surface area contributed by atoms with Gasteiger partial charge in [-0.3, -0.25) is 0 Å². The first kappa shape index (κ1) is 12.3. The average Bonchev–Trinajstić information content (AvgIpc) is 2.74. The highest BCUT2D eigenvalue weighted by atomic mass is 32.1. The maximum absolute atomic E-state index is 4.47. The maximum Gasteiger partial charge on any atom is 0.0972 e. The van der Waals surface area contributed by atoms with Crippen molar-refractivity contribution in [3.63, 3.8) is 0 Å². The first-order valence-electron chi connectivity index (χ1n) is 5.97. The molecule has 0 unspecified atom stereocenters. The fourth-order valence-electron chi connectivity index (χ4n) is 1.76. The van der Waals surface area contributed by atoms with Gasteiger partial charge in [-0.25, -0.2) is 4.98 Å². The third-order valence-corrected chi connectivity index (χ3v) is 3.59. The molecule has 1 aromatic heterocycles. The van der Waals surface area contributed by atoms with Crippen LogP contribution in [0.2, 0.25) is 0 Å². The molecule has 0 bridgehead atoms. The molecule has 2 nitrogen and oxygen atoms in total. The van der Waals surface area contributed by atoms with Crippen molar-refractivity contribution in [1.29, 1.82) is 0 Å². The van der Waals surface area contributed by atoms with Crippen molar-refractivity contribution < 1.29 is 0 Å². The van der Waals surface area contributed by atoms with Gasteiger partial charge in [0.15, 0.2) is 0 Å². The quantitative estimate of drug-likeness (QED) is 0.876. The number of benzene rings is 1. The molecule has 0 atom stereocenters. The number of nitrogens with zero attached hydrogens (tertiary/aromatic N) is 1. The first-order chi connectivity index (χ1) is 8.28. The van der Waals surface area contributed by atoms with Gasteiger partial charge in [0, 0.05) is 24.0 Å². The molecule has 0 aliphatic carbocycles. The van der Waals surface area contributed by atoms with E-state index in [1.54, 1.807) is 11.3 Å². The molecule has 90 valence electrons. The molecule has 17 heavy (non-hydrogen) atoms. The minimum absolute atomic E-state index is 0.933. The number of nitrogens with one attached hydrogen (secondary N) is 1. The molecular formula is C14H18N2S. The van der Waals surface area contributed by atoms with E-state index in [4.69, 9.17) is 0 Å². The molecule has 2 aromatic rings. The number of rotatable bonds is 5. The van der Waals surface area contributed by atoms with Crippen LogP contribution in [-0.4, -0.2) is 11.5 Å². The topological polar surface area (TPSA) is 24.9 Å². The Labute approximate surface area is 107 Å². The van der Waals surface area contributed by atoms with E-state index < -0.39 is 0 Å². The molecule has 1 aromatic carbocycles. The summed E-state index contributed by atoms with van der Waals surface area (Å²) in [4.78, 5) is 5.79. The fourth-order valence-corrected chi connectivity index (χ4v) is 2.68. The molecule has 0 saturated heterocycles. The first-order valence-corrected chi connectivity index (χ1v) is 6.79. The molecule has 3 heteroatoms. The predicted molar refractivity (Wildman–Crippen MR) is 73.5 cm³/mol. The third kappa shape index (κ3) is 3.65. The van der Waals surface area contributed by atoms with Crippen molar-refractivity contribution in [3.8, 4) is 0 Å². The van der Waals surface area contributed by atoms with E-state index in [1.165, 1.54) is 21.0 Å². The molecule has 0 fully saturated rings. The summed E-state index contributed by atoms with van der Waals surface area (Å²) in [5.74, 6) is 0. The number of hydrogen-bond acceptors (Lipinski definition) is 3. The molecule has 0 saturated carbocycles. The van der Waals surface area contributed by atoms with Gasteiger partial charge < -0.3 is 5.32 Å². The fraction of sp³-hybridized carbons (Fsp3) is 0.357. The molecule has 1 heterocycles. The Morgan fingerprint density at radius 2 is 2.24 bits per heavy atom. The lowest BCUT2D eigenvalue weighted by Gasteiger charge is -1.99. The number of thiazole rings is 1. The Morgan fingerprint density at radius 1 is 1.35 bits per heavy atom. The zero-order valence-electron chi connectivity index (χ0n) is 10.4. The van der Waals surface area contributed by atoms with E-state index in [-0.39, 0.29) is 0 Å². The Morgan fingerprint density at radius 3 is 3.00 bits per heavy atom. The largest absolute Gasteiger partial charge is 0.312 e. The lowest BCUT2D eigenvalue weighted by atomic mass is 10.1. The van der Waals surface area contributed by atoms with Crippen LogP contribution in [0.3, 0.4) is 0 Å². The number of aryl methyl sites for hydroxylation is 1. The lowest BCUT2D eigenvalue weighted by molar-refractivity contribution is 0.734. The average molecular weight is 246 g/mol. The summed E-state index contributed by atoms with van der Waals surface area (Å²) in [6, 6.07) is 8.63. The number of aromatic nitrogens is 1. The van der Waals surface area contributed by atoms with Gasteiger partial charge in [-0.15, -0.1) is 11.3 Å².